The zero-order chi connectivity index (χ0) is 22.4. The molecule has 0 spiro atoms. The van der Waals surface area contributed by atoms with Gasteiger partial charge in [-0.25, -0.2) is 4.99 Å². The molecule has 3 rings (SSSR count). The Kier molecular flexibility index (Phi) is 7.19. The minimum atomic E-state index is -0.572. The molecule has 0 unspecified atom stereocenters. The lowest BCUT2D eigenvalue weighted by atomic mass is 10.2. The molecule has 1 saturated heterocycles. The Bertz CT molecular complexity index is 1030. The van der Waals surface area contributed by atoms with Crippen molar-refractivity contribution in [2.24, 2.45) is 10.7 Å². The minimum Gasteiger partial charge on any atom is -0.490 e. The van der Waals surface area contributed by atoms with Gasteiger partial charge in [-0.3, -0.25) is 14.5 Å². The van der Waals surface area contributed by atoms with Crippen LogP contribution in [-0.4, -0.2) is 49.2 Å². The van der Waals surface area contributed by atoms with Crippen LogP contribution >= 0.6 is 11.8 Å². The normalized spacial score (nSPS) is 16.1. The van der Waals surface area contributed by atoms with Crippen molar-refractivity contribution in [3.8, 4) is 11.5 Å². The van der Waals surface area contributed by atoms with Crippen molar-refractivity contribution < 1.29 is 19.1 Å². The van der Waals surface area contributed by atoms with Crippen LogP contribution in [-0.2, 0) is 9.59 Å². The van der Waals surface area contributed by atoms with Crippen molar-refractivity contribution in [3.63, 3.8) is 0 Å². The van der Waals surface area contributed by atoms with Gasteiger partial charge in [-0.05, 0) is 66.7 Å². The number of benzene rings is 2. The molecule has 1 fully saturated rings. The highest BCUT2D eigenvalue weighted by Crippen LogP contribution is 2.35. The third-order valence-corrected chi connectivity index (χ3v) is 5.38. The SMILES string of the molecule is CCOc1cc(C=C2SC(=Nc3ccc(NC)cc3)N(C)C2=O)ccc1OCC(N)=O. The molecule has 2 amide bonds. The maximum Gasteiger partial charge on any atom is 0.266 e. The number of aliphatic imine (C=N–C) groups is 1. The van der Waals surface area contributed by atoms with E-state index < -0.39 is 5.91 Å². The molecule has 1 aliphatic heterocycles. The Morgan fingerprint density at radius 1 is 1.19 bits per heavy atom. The number of nitrogens with zero attached hydrogens (tertiary/aromatic N) is 2. The zero-order valence-electron chi connectivity index (χ0n) is 17.5. The fourth-order valence-corrected chi connectivity index (χ4v) is 3.75. The first kappa shape index (κ1) is 22.2. The van der Waals surface area contributed by atoms with E-state index in [4.69, 9.17) is 15.2 Å². The molecule has 2 aromatic carbocycles. The maximum atomic E-state index is 12.7. The summed E-state index contributed by atoms with van der Waals surface area (Å²) in [4.78, 5) is 30.3. The molecule has 3 N–H and O–H groups in total. The van der Waals surface area contributed by atoms with E-state index in [1.54, 1.807) is 31.3 Å². The number of hydrogen-bond donors (Lipinski definition) is 2. The average molecular weight is 441 g/mol. The Labute approximate surface area is 185 Å². The fraction of sp³-hybridized carbons (Fsp3) is 0.227. The number of hydrogen-bond acceptors (Lipinski definition) is 7. The summed E-state index contributed by atoms with van der Waals surface area (Å²) in [6.45, 7) is 2.03. The van der Waals surface area contributed by atoms with Crippen LogP contribution in [0.3, 0.4) is 0 Å². The van der Waals surface area contributed by atoms with E-state index in [0.29, 0.717) is 28.2 Å². The molecule has 162 valence electrons. The van der Waals surface area contributed by atoms with Gasteiger partial charge in [0.2, 0.25) is 0 Å². The lowest BCUT2D eigenvalue weighted by molar-refractivity contribution is -0.121. The standard InChI is InChI=1S/C22H24N4O4S/c1-4-29-18-11-14(5-10-17(18)30-13-20(23)27)12-19-21(28)26(3)22(31-19)25-16-8-6-15(24-2)7-9-16/h5-12,24H,4,13H2,1-3H3,(H2,23,27). The summed E-state index contributed by atoms with van der Waals surface area (Å²) in [6.07, 6.45) is 1.77. The molecule has 1 heterocycles. The third kappa shape index (κ3) is 5.58. The predicted molar refractivity (Wildman–Crippen MR) is 124 cm³/mol. The number of nitrogens with one attached hydrogen (secondary N) is 1. The summed E-state index contributed by atoms with van der Waals surface area (Å²) in [7, 11) is 3.55. The van der Waals surface area contributed by atoms with Crippen molar-refractivity contribution in [1.29, 1.82) is 0 Å². The fourth-order valence-electron chi connectivity index (χ4n) is 2.77. The van der Waals surface area contributed by atoms with Gasteiger partial charge in [0.05, 0.1) is 17.2 Å². The molecule has 2 aromatic rings. The van der Waals surface area contributed by atoms with Gasteiger partial charge < -0.3 is 20.5 Å². The maximum absolute atomic E-state index is 12.7. The molecular formula is C22H24N4O4S. The summed E-state index contributed by atoms with van der Waals surface area (Å²) in [5.74, 6) is 0.178. The molecule has 9 heteroatoms. The lowest BCUT2D eigenvalue weighted by Gasteiger charge is -2.11. The number of amides is 2. The molecule has 1 aliphatic rings. The molecule has 0 atom stereocenters. The van der Waals surface area contributed by atoms with Crippen molar-refractivity contribution in [2.75, 3.05) is 32.6 Å². The number of primary amides is 1. The minimum absolute atomic E-state index is 0.136. The van der Waals surface area contributed by atoms with Gasteiger partial charge in [-0.2, -0.15) is 0 Å². The average Bonchev–Trinajstić information content (AvgIpc) is 3.01. The van der Waals surface area contributed by atoms with E-state index in [9.17, 15) is 9.59 Å². The number of anilines is 1. The number of amidine groups is 1. The third-order valence-electron chi connectivity index (χ3n) is 4.32. The van der Waals surface area contributed by atoms with E-state index in [-0.39, 0.29) is 12.5 Å². The smallest absolute Gasteiger partial charge is 0.266 e. The van der Waals surface area contributed by atoms with Crippen molar-refractivity contribution in [3.05, 3.63) is 52.9 Å². The van der Waals surface area contributed by atoms with Gasteiger partial charge >= 0.3 is 0 Å². The monoisotopic (exact) mass is 440 g/mol. The Morgan fingerprint density at radius 3 is 2.58 bits per heavy atom. The second-order valence-corrected chi connectivity index (χ2v) is 7.57. The zero-order valence-corrected chi connectivity index (χ0v) is 18.4. The van der Waals surface area contributed by atoms with Crippen LogP contribution in [0.15, 0.2) is 52.4 Å². The van der Waals surface area contributed by atoms with Gasteiger partial charge in [0.25, 0.3) is 11.8 Å². The summed E-state index contributed by atoms with van der Waals surface area (Å²) >= 11 is 1.30. The quantitative estimate of drug-likeness (QED) is 0.611. The number of rotatable bonds is 8. The molecule has 0 bridgehead atoms. The first-order valence-corrected chi connectivity index (χ1v) is 10.4. The van der Waals surface area contributed by atoms with E-state index in [1.807, 2.05) is 38.2 Å². The largest absolute Gasteiger partial charge is 0.490 e. The van der Waals surface area contributed by atoms with Crippen LogP contribution in [0.4, 0.5) is 11.4 Å². The molecule has 31 heavy (non-hydrogen) atoms. The van der Waals surface area contributed by atoms with Gasteiger partial charge in [-0.1, -0.05) is 6.07 Å². The van der Waals surface area contributed by atoms with Crippen molar-refractivity contribution in [1.82, 2.24) is 4.90 Å². The summed E-state index contributed by atoms with van der Waals surface area (Å²) in [5.41, 5.74) is 7.65. The Hall–Kier alpha value is -3.46. The van der Waals surface area contributed by atoms with E-state index in [2.05, 4.69) is 10.3 Å². The van der Waals surface area contributed by atoms with Crippen LogP contribution in [0.5, 0.6) is 11.5 Å². The summed E-state index contributed by atoms with van der Waals surface area (Å²) in [5, 5.41) is 3.66. The van der Waals surface area contributed by atoms with Crippen LogP contribution in [0.25, 0.3) is 6.08 Å². The van der Waals surface area contributed by atoms with Crippen LogP contribution in [0.1, 0.15) is 12.5 Å². The number of carbonyl (C=O) groups is 2. The van der Waals surface area contributed by atoms with Gasteiger partial charge in [0.15, 0.2) is 23.3 Å². The highest BCUT2D eigenvalue weighted by molar-refractivity contribution is 8.18. The summed E-state index contributed by atoms with van der Waals surface area (Å²) < 4.78 is 11.0. The number of carbonyl (C=O) groups excluding carboxylic acids is 2. The van der Waals surface area contributed by atoms with Crippen LogP contribution < -0.4 is 20.5 Å². The molecule has 0 saturated carbocycles. The number of thioether (sulfide) groups is 1. The van der Waals surface area contributed by atoms with Gasteiger partial charge in [-0.15, -0.1) is 0 Å². The molecule has 0 radical (unpaired) electrons. The van der Waals surface area contributed by atoms with E-state index >= 15 is 0 Å². The van der Waals surface area contributed by atoms with E-state index in [1.165, 1.54) is 16.7 Å². The Balaban J connectivity index is 1.83. The number of likely N-dealkylation sites (N-methyl/N-ethyl adjacent to an activating group) is 1. The highest BCUT2D eigenvalue weighted by atomic mass is 32.2. The lowest BCUT2D eigenvalue weighted by Crippen LogP contribution is -2.23. The van der Waals surface area contributed by atoms with E-state index in [0.717, 1.165) is 16.9 Å². The van der Waals surface area contributed by atoms with Crippen molar-refractivity contribution >= 4 is 46.2 Å². The predicted octanol–water partition coefficient (Wildman–Crippen LogP) is 3.22. The number of nitrogens with two attached hydrogens (primary N) is 1. The number of ether oxygens (including phenoxy) is 2. The van der Waals surface area contributed by atoms with Gasteiger partial charge in [0, 0.05) is 19.8 Å². The molecule has 0 aromatic heterocycles. The van der Waals surface area contributed by atoms with Crippen LogP contribution in [0.2, 0.25) is 0 Å². The first-order chi connectivity index (χ1) is 14.9. The van der Waals surface area contributed by atoms with Crippen LogP contribution in [0, 0.1) is 0 Å². The molecular weight excluding hydrogens is 416 g/mol. The second-order valence-electron chi connectivity index (χ2n) is 6.56. The summed E-state index contributed by atoms with van der Waals surface area (Å²) in [6, 6.07) is 12.9. The first-order valence-electron chi connectivity index (χ1n) is 9.63. The highest BCUT2D eigenvalue weighted by Gasteiger charge is 2.30. The topological polar surface area (TPSA) is 106 Å². The second kappa shape index (κ2) is 10.0. The molecule has 8 nitrogen and oxygen atoms in total. The van der Waals surface area contributed by atoms with Crippen molar-refractivity contribution in [2.45, 2.75) is 6.92 Å². The van der Waals surface area contributed by atoms with Gasteiger partial charge in [0.1, 0.15) is 0 Å². The Morgan fingerprint density at radius 2 is 1.94 bits per heavy atom. The molecule has 0 aliphatic carbocycles.